The van der Waals surface area contributed by atoms with Gasteiger partial charge >= 0.3 is 0 Å². The molecule has 2 atom stereocenters. The standard InChI is InChI=1S/C26H26N2O4/c1-16-9-11-17(12-10-16)20-15-21-19-7-5-6-8-22(19)32-26(28(21)27-20)18-13-23(29-2)25(31-4)24(14-18)30-3/h5-14,21,26H,15H2,1-4H3/t21-,26-/m1/s1. The van der Waals surface area contributed by atoms with E-state index in [-0.39, 0.29) is 6.04 Å². The van der Waals surface area contributed by atoms with Crippen molar-refractivity contribution in [3.63, 3.8) is 0 Å². The van der Waals surface area contributed by atoms with Crippen LogP contribution in [0, 0.1) is 6.92 Å². The average Bonchev–Trinajstić information content (AvgIpc) is 3.28. The van der Waals surface area contributed by atoms with Crippen LogP contribution in [0.15, 0.2) is 65.8 Å². The molecule has 3 aromatic carbocycles. The molecule has 0 radical (unpaired) electrons. The summed E-state index contributed by atoms with van der Waals surface area (Å²) in [5.74, 6) is 2.59. The molecule has 2 aliphatic rings. The highest BCUT2D eigenvalue weighted by Crippen LogP contribution is 2.49. The van der Waals surface area contributed by atoms with Crippen molar-refractivity contribution in [3.8, 4) is 23.0 Å². The van der Waals surface area contributed by atoms with Crippen LogP contribution in [-0.4, -0.2) is 32.0 Å². The van der Waals surface area contributed by atoms with Gasteiger partial charge in [0.15, 0.2) is 11.5 Å². The summed E-state index contributed by atoms with van der Waals surface area (Å²) in [6.07, 6.45) is 0.385. The predicted molar refractivity (Wildman–Crippen MR) is 123 cm³/mol. The summed E-state index contributed by atoms with van der Waals surface area (Å²) in [5, 5.41) is 7.09. The zero-order valence-corrected chi connectivity index (χ0v) is 18.7. The molecule has 5 rings (SSSR count). The molecular weight excluding hydrogens is 404 g/mol. The lowest BCUT2D eigenvalue weighted by Gasteiger charge is -2.38. The van der Waals surface area contributed by atoms with E-state index < -0.39 is 6.23 Å². The van der Waals surface area contributed by atoms with Crippen LogP contribution in [0.3, 0.4) is 0 Å². The summed E-state index contributed by atoms with van der Waals surface area (Å²) in [4.78, 5) is 0. The first-order valence-corrected chi connectivity index (χ1v) is 10.6. The van der Waals surface area contributed by atoms with Gasteiger partial charge in [0.1, 0.15) is 5.75 Å². The van der Waals surface area contributed by atoms with Crippen molar-refractivity contribution in [2.45, 2.75) is 25.6 Å². The molecule has 164 valence electrons. The molecule has 0 N–H and O–H groups in total. The number of para-hydroxylation sites is 1. The number of ether oxygens (including phenoxy) is 4. The molecule has 0 saturated heterocycles. The monoisotopic (exact) mass is 430 g/mol. The van der Waals surface area contributed by atoms with Crippen molar-refractivity contribution in [3.05, 3.63) is 82.9 Å². The van der Waals surface area contributed by atoms with E-state index in [1.54, 1.807) is 21.3 Å². The minimum absolute atomic E-state index is 0.0837. The number of methoxy groups -OCH3 is 3. The fourth-order valence-corrected chi connectivity index (χ4v) is 4.42. The topological polar surface area (TPSA) is 52.5 Å². The molecule has 6 nitrogen and oxygen atoms in total. The number of hydrazone groups is 1. The first kappa shape index (κ1) is 20.2. The van der Waals surface area contributed by atoms with E-state index in [4.69, 9.17) is 24.0 Å². The van der Waals surface area contributed by atoms with Crippen molar-refractivity contribution in [2.75, 3.05) is 21.3 Å². The van der Waals surface area contributed by atoms with Crippen molar-refractivity contribution >= 4 is 5.71 Å². The van der Waals surface area contributed by atoms with Crippen LogP contribution in [0.1, 0.15) is 40.9 Å². The van der Waals surface area contributed by atoms with Crippen molar-refractivity contribution in [1.29, 1.82) is 0 Å². The van der Waals surface area contributed by atoms with Crippen LogP contribution in [0.4, 0.5) is 0 Å². The van der Waals surface area contributed by atoms with Crippen LogP contribution >= 0.6 is 0 Å². The van der Waals surface area contributed by atoms with Crippen molar-refractivity contribution in [2.24, 2.45) is 5.10 Å². The predicted octanol–water partition coefficient (Wildman–Crippen LogP) is 5.26. The second kappa shape index (κ2) is 8.11. The molecule has 2 heterocycles. The van der Waals surface area contributed by atoms with E-state index in [1.807, 2.05) is 30.3 Å². The lowest BCUT2D eigenvalue weighted by Crippen LogP contribution is -2.33. The molecule has 0 saturated carbocycles. The number of hydrogen-bond acceptors (Lipinski definition) is 6. The normalized spacial score (nSPS) is 18.9. The Bertz CT molecular complexity index is 1150. The lowest BCUT2D eigenvalue weighted by molar-refractivity contribution is -0.0192. The maximum atomic E-state index is 6.47. The summed E-state index contributed by atoms with van der Waals surface area (Å²) in [7, 11) is 4.83. The van der Waals surface area contributed by atoms with E-state index >= 15 is 0 Å². The summed E-state index contributed by atoms with van der Waals surface area (Å²) in [6.45, 7) is 2.09. The maximum Gasteiger partial charge on any atom is 0.214 e. The Labute approximate surface area is 188 Å². The number of aryl methyl sites for hydroxylation is 1. The zero-order chi connectivity index (χ0) is 22.2. The van der Waals surface area contributed by atoms with E-state index in [2.05, 4.69) is 42.3 Å². The van der Waals surface area contributed by atoms with Crippen LogP contribution < -0.4 is 18.9 Å². The van der Waals surface area contributed by atoms with E-state index in [9.17, 15) is 0 Å². The highest BCUT2D eigenvalue weighted by atomic mass is 16.5. The molecule has 0 aromatic heterocycles. The maximum absolute atomic E-state index is 6.47. The molecule has 0 aliphatic carbocycles. The van der Waals surface area contributed by atoms with Crippen LogP contribution in [0.2, 0.25) is 0 Å². The molecule has 0 amide bonds. The van der Waals surface area contributed by atoms with Gasteiger partial charge < -0.3 is 18.9 Å². The Morgan fingerprint density at radius 2 is 1.59 bits per heavy atom. The van der Waals surface area contributed by atoms with Gasteiger partial charge in [0, 0.05) is 17.5 Å². The third-order valence-electron chi connectivity index (χ3n) is 6.06. The largest absolute Gasteiger partial charge is 0.493 e. The molecule has 3 aromatic rings. The van der Waals surface area contributed by atoms with Gasteiger partial charge in [-0.25, -0.2) is 5.01 Å². The summed E-state index contributed by atoms with van der Waals surface area (Å²) in [5.41, 5.74) is 5.43. The quantitative estimate of drug-likeness (QED) is 0.552. The van der Waals surface area contributed by atoms with Crippen molar-refractivity contribution < 1.29 is 18.9 Å². The van der Waals surface area contributed by atoms with E-state index in [0.717, 1.165) is 34.6 Å². The Morgan fingerprint density at radius 1 is 0.906 bits per heavy atom. The SMILES string of the molecule is COc1cc([C@H]2Oc3ccccc3[C@H]3CC(c4ccc(C)cc4)=NN32)cc(OC)c1OC. The van der Waals surface area contributed by atoms with Gasteiger partial charge in [-0.1, -0.05) is 48.0 Å². The molecular formula is C26H26N2O4. The molecule has 0 bridgehead atoms. The molecule has 0 unspecified atom stereocenters. The zero-order valence-electron chi connectivity index (χ0n) is 18.7. The average molecular weight is 431 g/mol. The number of fused-ring (bicyclic) bond motifs is 3. The van der Waals surface area contributed by atoms with Gasteiger partial charge in [0.2, 0.25) is 12.0 Å². The second-order valence-electron chi connectivity index (χ2n) is 7.98. The smallest absolute Gasteiger partial charge is 0.214 e. The minimum Gasteiger partial charge on any atom is -0.493 e. The number of hydrogen-bond donors (Lipinski definition) is 0. The third-order valence-corrected chi connectivity index (χ3v) is 6.06. The number of nitrogens with zero attached hydrogens (tertiary/aromatic N) is 2. The fraction of sp³-hybridized carbons (Fsp3) is 0.269. The first-order valence-electron chi connectivity index (χ1n) is 10.6. The Kier molecular flexibility index (Phi) is 5.13. The van der Waals surface area contributed by atoms with Gasteiger partial charge in [-0.3, -0.25) is 0 Å². The minimum atomic E-state index is -0.424. The van der Waals surface area contributed by atoms with Gasteiger partial charge in [-0.05, 0) is 30.7 Å². The van der Waals surface area contributed by atoms with E-state index in [1.165, 1.54) is 5.56 Å². The highest BCUT2D eigenvalue weighted by molar-refractivity contribution is 6.02. The van der Waals surface area contributed by atoms with Crippen LogP contribution in [0.5, 0.6) is 23.0 Å². The first-order chi connectivity index (χ1) is 15.6. The van der Waals surface area contributed by atoms with Gasteiger partial charge in [-0.15, -0.1) is 0 Å². The number of benzene rings is 3. The van der Waals surface area contributed by atoms with Gasteiger partial charge in [0.25, 0.3) is 0 Å². The Hall–Kier alpha value is -3.67. The molecule has 0 fully saturated rings. The molecule has 0 spiro atoms. The summed E-state index contributed by atoms with van der Waals surface area (Å²) < 4.78 is 23.1. The fourth-order valence-electron chi connectivity index (χ4n) is 4.42. The summed E-state index contributed by atoms with van der Waals surface area (Å²) in [6, 6.07) is 20.6. The second-order valence-corrected chi connectivity index (χ2v) is 7.98. The Balaban J connectivity index is 1.61. The van der Waals surface area contributed by atoms with Crippen molar-refractivity contribution in [1.82, 2.24) is 5.01 Å². The highest BCUT2D eigenvalue weighted by Gasteiger charge is 2.41. The van der Waals surface area contributed by atoms with Gasteiger partial charge in [-0.2, -0.15) is 5.10 Å². The molecule has 2 aliphatic heterocycles. The third kappa shape index (κ3) is 3.32. The lowest BCUT2D eigenvalue weighted by atomic mass is 9.95. The van der Waals surface area contributed by atoms with Crippen LogP contribution in [0.25, 0.3) is 0 Å². The van der Waals surface area contributed by atoms with Gasteiger partial charge in [0.05, 0.1) is 33.1 Å². The molecule has 32 heavy (non-hydrogen) atoms. The van der Waals surface area contributed by atoms with Crippen LogP contribution in [-0.2, 0) is 0 Å². The Morgan fingerprint density at radius 3 is 2.25 bits per heavy atom. The van der Waals surface area contributed by atoms with E-state index in [0.29, 0.717) is 17.2 Å². The summed E-state index contributed by atoms with van der Waals surface area (Å²) >= 11 is 0. The molecule has 6 heteroatoms. The number of rotatable bonds is 5.